The highest BCUT2D eigenvalue weighted by atomic mass is 19.1. The lowest BCUT2D eigenvalue weighted by atomic mass is 9.96. The van der Waals surface area contributed by atoms with Gasteiger partial charge in [-0.25, -0.2) is 4.39 Å². The summed E-state index contributed by atoms with van der Waals surface area (Å²) < 4.78 is 12.8. The van der Waals surface area contributed by atoms with E-state index in [1.54, 1.807) is 19.9 Å². The molecule has 1 rings (SSSR count). The predicted octanol–water partition coefficient (Wildman–Crippen LogP) is 1.88. The first-order chi connectivity index (χ1) is 6.52. The third-order valence-corrected chi connectivity index (χ3v) is 2.20. The molecule has 78 valence electrons. The van der Waals surface area contributed by atoms with E-state index in [4.69, 9.17) is 0 Å². The largest absolute Gasteiger partial charge is 0.390 e. The molecule has 0 saturated heterocycles. The Morgan fingerprint density at radius 2 is 1.86 bits per heavy atom. The van der Waals surface area contributed by atoms with Crippen LogP contribution in [-0.2, 0) is 0 Å². The summed E-state index contributed by atoms with van der Waals surface area (Å²) in [5.41, 5.74) is 0.409. The van der Waals surface area contributed by atoms with Gasteiger partial charge in [0.25, 0.3) is 0 Å². The van der Waals surface area contributed by atoms with Crippen LogP contribution in [0.2, 0.25) is 0 Å². The molecule has 3 heteroatoms. The van der Waals surface area contributed by atoms with E-state index in [-0.39, 0.29) is 5.92 Å². The maximum absolute atomic E-state index is 12.8. The Kier molecular flexibility index (Phi) is 3.61. The minimum absolute atomic E-state index is 0.0618. The molecule has 0 aliphatic rings. The fraction of sp³-hybridized carbons (Fsp3) is 0.455. The van der Waals surface area contributed by atoms with Crippen molar-refractivity contribution in [1.29, 1.82) is 0 Å². The molecule has 0 amide bonds. The van der Waals surface area contributed by atoms with E-state index in [0.717, 1.165) is 0 Å². The van der Waals surface area contributed by atoms with Gasteiger partial charge < -0.3 is 10.2 Å². The molecule has 2 atom stereocenters. The Hall–Kier alpha value is -0.930. The van der Waals surface area contributed by atoms with Gasteiger partial charge in [-0.15, -0.1) is 0 Å². The second-order valence-corrected chi connectivity index (χ2v) is 3.73. The van der Waals surface area contributed by atoms with Crippen LogP contribution in [0.15, 0.2) is 24.3 Å². The van der Waals surface area contributed by atoms with Crippen LogP contribution in [0.4, 0.5) is 4.39 Å². The molecule has 0 spiro atoms. The SMILES string of the molecule is CC(C)C(O)C(O)c1cccc(F)c1. The fourth-order valence-corrected chi connectivity index (χ4v) is 1.25. The van der Waals surface area contributed by atoms with Gasteiger partial charge >= 0.3 is 0 Å². The Balaban J connectivity index is 2.83. The first kappa shape index (κ1) is 11.1. The second kappa shape index (κ2) is 4.53. The maximum Gasteiger partial charge on any atom is 0.123 e. The van der Waals surface area contributed by atoms with Crippen molar-refractivity contribution < 1.29 is 14.6 Å². The molecule has 0 saturated carbocycles. The minimum atomic E-state index is -1.02. The molecule has 14 heavy (non-hydrogen) atoms. The van der Waals surface area contributed by atoms with E-state index in [2.05, 4.69) is 0 Å². The quantitative estimate of drug-likeness (QED) is 0.778. The van der Waals surface area contributed by atoms with E-state index in [1.807, 2.05) is 0 Å². The number of halogens is 1. The van der Waals surface area contributed by atoms with Gasteiger partial charge in [0, 0.05) is 0 Å². The van der Waals surface area contributed by atoms with Crippen LogP contribution in [0, 0.1) is 11.7 Å². The number of aliphatic hydroxyl groups excluding tert-OH is 2. The number of hydrogen-bond acceptors (Lipinski definition) is 2. The monoisotopic (exact) mass is 198 g/mol. The smallest absolute Gasteiger partial charge is 0.123 e. The van der Waals surface area contributed by atoms with Gasteiger partial charge in [-0.2, -0.15) is 0 Å². The molecule has 0 aromatic heterocycles. The van der Waals surface area contributed by atoms with Gasteiger partial charge in [-0.3, -0.25) is 0 Å². The van der Waals surface area contributed by atoms with Crippen molar-refractivity contribution in [3.63, 3.8) is 0 Å². The van der Waals surface area contributed by atoms with Crippen molar-refractivity contribution in [2.45, 2.75) is 26.1 Å². The van der Waals surface area contributed by atoms with Crippen molar-refractivity contribution in [2.24, 2.45) is 5.92 Å². The van der Waals surface area contributed by atoms with Crippen LogP contribution in [0.3, 0.4) is 0 Å². The zero-order chi connectivity index (χ0) is 10.7. The van der Waals surface area contributed by atoms with E-state index in [1.165, 1.54) is 18.2 Å². The number of benzene rings is 1. The third-order valence-electron chi connectivity index (χ3n) is 2.20. The molecule has 0 aliphatic carbocycles. The summed E-state index contributed by atoms with van der Waals surface area (Å²) in [5, 5.41) is 19.2. The summed E-state index contributed by atoms with van der Waals surface area (Å²) in [6.07, 6.45) is -1.89. The third kappa shape index (κ3) is 2.53. The normalized spacial score (nSPS) is 15.6. The zero-order valence-electron chi connectivity index (χ0n) is 8.31. The van der Waals surface area contributed by atoms with Crippen LogP contribution in [0.5, 0.6) is 0 Å². The van der Waals surface area contributed by atoms with Crippen molar-refractivity contribution in [3.8, 4) is 0 Å². The Morgan fingerprint density at radius 3 is 2.36 bits per heavy atom. The molecule has 0 radical (unpaired) electrons. The average Bonchev–Trinajstić information content (AvgIpc) is 2.15. The molecule has 2 unspecified atom stereocenters. The van der Waals surface area contributed by atoms with Crippen molar-refractivity contribution >= 4 is 0 Å². The van der Waals surface area contributed by atoms with Crippen LogP contribution >= 0.6 is 0 Å². The van der Waals surface area contributed by atoms with Gasteiger partial charge in [0.2, 0.25) is 0 Å². The fourth-order valence-electron chi connectivity index (χ4n) is 1.25. The summed E-state index contributed by atoms with van der Waals surface area (Å²) in [4.78, 5) is 0. The highest BCUT2D eigenvalue weighted by Gasteiger charge is 2.21. The van der Waals surface area contributed by atoms with Crippen molar-refractivity contribution in [3.05, 3.63) is 35.6 Å². The molecule has 0 heterocycles. The molecule has 1 aromatic rings. The van der Waals surface area contributed by atoms with Gasteiger partial charge in [-0.1, -0.05) is 26.0 Å². The minimum Gasteiger partial charge on any atom is -0.390 e. The maximum atomic E-state index is 12.8. The van der Waals surface area contributed by atoms with Crippen LogP contribution in [-0.4, -0.2) is 16.3 Å². The van der Waals surface area contributed by atoms with Crippen LogP contribution < -0.4 is 0 Å². The molecule has 1 aromatic carbocycles. The molecule has 2 nitrogen and oxygen atoms in total. The van der Waals surface area contributed by atoms with Gasteiger partial charge in [0.15, 0.2) is 0 Å². The van der Waals surface area contributed by atoms with Gasteiger partial charge in [0.1, 0.15) is 11.9 Å². The van der Waals surface area contributed by atoms with Crippen molar-refractivity contribution in [1.82, 2.24) is 0 Å². The first-order valence-electron chi connectivity index (χ1n) is 4.64. The number of hydrogen-bond donors (Lipinski definition) is 2. The predicted molar refractivity (Wildman–Crippen MR) is 52.2 cm³/mol. The van der Waals surface area contributed by atoms with E-state index >= 15 is 0 Å². The first-order valence-corrected chi connectivity index (χ1v) is 4.64. The Morgan fingerprint density at radius 1 is 1.21 bits per heavy atom. The Bertz CT molecular complexity index is 299. The standard InChI is InChI=1S/C11H15FO2/c1-7(2)10(13)11(14)8-4-3-5-9(12)6-8/h3-7,10-11,13-14H,1-2H3. The van der Waals surface area contributed by atoms with E-state index in [0.29, 0.717) is 5.56 Å². The summed E-state index contributed by atoms with van der Waals surface area (Å²) in [5.74, 6) is -0.467. The number of rotatable bonds is 3. The summed E-state index contributed by atoms with van der Waals surface area (Å²) in [7, 11) is 0. The summed E-state index contributed by atoms with van der Waals surface area (Å²) in [6, 6.07) is 5.65. The van der Waals surface area contributed by atoms with Crippen LogP contribution in [0.25, 0.3) is 0 Å². The molecule has 0 bridgehead atoms. The van der Waals surface area contributed by atoms with E-state index in [9.17, 15) is 14.6 Å². The number of aliphatic hydroxyl groups is 2. The molecular weight excluding hydrogens is 183 g/mol. The molecule has 0 aliphatic heterocycles. The lowest BCUT2D eigenvalue weighted by Crippen LogP contribution is -2.23. The lowest BCUT2D eigenvalue weighted by Gasteiger charge is -2.21. The summed E-state index contributed by atoms with van der Waals surface area (Å²) >= 11 is 0. The lowest BCUT2D eigenvalue weighted by molar-refractivity contribution is -0.00952. The molecular formula is C11H15FO2. The topological polar surface area (TPSA) is 40.5 Å². The second-order valence-electron chi connectivity index (χ2n) is 3.73. The highest BCUT2D eigenvalue weighted by Crippen LogP contribution is 2.21. The summed E-state index contributed by atoms with van der Waals surface area (Å²) in [6.45, 7) is 3.60. The van der Waals surface area contributed by atoms with Gasteiger partial charge in [0.05, 0.1) is 6.10 Å². The Labute approximate surface area is 83.0 Å². The zero-order valence-corrected chi connectivity index (χ0v) is 8.31. The van der Waals surface area contributed by atoms with Crippen LogP contribution in [0.1, 0.15) is 25.5 Å². The van der Waals surface area contributed by atoms with E-state index < -0.39 is 18.0 Å². The molecule has 2 N–H and O–H groups in total. The average molecular weight is 198 g/mol. The molecule has 0 fully saturated rings. The highest BCUT2D eigenvalue weighted by molar-refractivity contribution is 5.19. The van der Waals surface area contributed by atoms with Gasteiger partial charge in [-0.05, 0) is 23.6 Å². The van der Waals surface area contributed by atoms with Crippen molar-refractivity contribution in [2.75, 3.05) is 0 Å².